The second-order valence-electron chi connectivity index (χ2n) is 8.03. The Morgan fingerprint density at radius 1 is 1.06 bits per heavy atom. The van der Waals surface area contributed by atoms with Crippen molar-refractivity contribution in [2.24, 2.45) is 0 Å². The third-order valence-electron chi connectivity index (χ3n) is 5.41. The van der Waals surface area contributed by atoms with Gasteiger partial charge in [-0.25, -0.2) is 9.97 Å². The number of hydrogen-bond donors (Lipinski definition) is 0. The van der Waals surface area contributed by atoms with Crippen molar-refractivity contribution >= 4 is 11.7 Å². The summed E-state index contributed by atoms with van der Waals surface area (Å²) in [5, 5.41) is 3.97. The van der Waals surface area contributed by atoms with E-state index in [0.717, 1.165) is 36.1 Å². The van der Waals surface area contributed by atoms with Crippen molar-refractivity contribution in [2.45, 2.75) is 39.0 Å². The van der Waals surface area contributed by atoms with Gasteiger partial charge in [-0.2, -0.15) is 4.98 Å². The van der Waals surface area contributed by atoms with Gasteiger partial charge in [-0.3, -0.25) is 4.79 Å². The van der Waals surface area contributed by atoms with Crippen LogP contribution in [-0.4, -0.2) is 57.1 Å². The summed E-state index contributed by atoms with van der Waals surface area (Å²) in [6, 6.07) is 11.9. The maximum atomic E-state index is 12.6. The molecular formula is C23H28N6O2. The van der Waals surface area contributed by atoms with Crippen molar-refractivity contribution < 1.29 is 9.32 Å². The Kier molecular flexibility index (Phi) is 6.54. The van der Waals surface area contributed by atoms with Crippen LogP contribution in [0, 0.1) is 0 Å². The molecule has 31 heavy (non-hydrogen) atoms. The molecule has 0 N–H and O–H groups in total. The van der Waals surface area contributed by atoms with E-state index in [9.17, 15) is 4.79 Å². The highest BCUT2D eigenvalue weighted by atomic mass is 16.5. The van der Waals surface area contributed by atoms with Crippen LogP contribution in [0.5, 0.6) is 0 Å². The number of amides is 1. The molecule has 1 aliphatic rings. The lowest BCUT2D eigenvalue weighted by Gasteiger charge is -2.35. The molecule has 0 bridgehead atoms. The molecule has 8 heteroatoms. The first kappa shape index (κ1) is 21.0. The highest BCUT2D eigenvalue weighted by Gasteiger charge is 2.22. The molecule has 0 spiro atoms. The van der Waals surface area contributed by atoms with Gasteiger partial charge < -0.3 is 14.3 Å². The van der Waals surface area contributed by atoms with Gasteiger partial charge in [-0.05, 0) is 12.5 Å². The van der Waals surface area contributed by atoms with Crippen molar-refractivity contribution in [1.29, 1.82) is 0 Å². The van der Waals surface area contributed by atoms with Crippen LogP contribution in [0.15, 0.2) is 47.1 Å². The van der Waals surface area contributed by atoms with Gasteiger partial charge in [0, 0.05) is 56.7 Å². The average Bonchev–Trinajstić information content (AvgIpc) is 3.29. The van der Waals surface area contributed by atoms with Gasteiger partial charge in [0.25, 0.3) is 0 Å². The van der Waals surface area contributed by atoms with Crippen molar-refractivity contribution in [3.8, 4) is 11.4 Å². The predicted octanol–water partition coefficient (Wildman–Crippen LogP) is 3.32. The van der Waals surface area contributed by atoms with E-state index in [4.69, 9.17) is 9.51 Å². The highest BCUT2D eigenvalue weighted by Crippen LogP contribution is 2.19. The summed E-state index contributed by atoms with van der Waals surface area (Å²) >= 11 is 0. The van der Waals surface area contributed by atoms with E-state index in [0.29, 0.717) is 38.2 Å². The van der Waals surface area contributed by atoms with E-state index in [1.54, 1.807) is 6.20 Å². The van der Waals surface area contributed by atoms with E-state index < -0.39 is 0 Å². The molecular weight excluding hydrogens is 392 g/mol. The molecule has 1 saturated heterocycles. The topological polar surface area (TPSA) is 88.3 Å². The molecule has 3 aromatic rings. The fourth-order valence-electron chi connectivity index (χ4n) is 3.59. The van der Waals surface area contributed by atoms with Crippen LogP contribution in [0.25, 0.3) is 11.4 Å². The lowest BCUT2D eigenvalue weighted by molar-refractivity contribution is -0.131. The van der Waals surface area contributed by atoms with Gasteiger partial charge in [0.15, 0.2) is 11.6 Å². The van der Waals surface area contributed by atoms with Crippen LogP contribution in [0.2, 0.25) is 0 Å². The number of nitrogens with zero attached hydrogens (tertiary/aromatic N) is 6. The van der Waals surface area contributed by atoms with Crippen LogP contribution >= 0.6 is 0 Å². The van der Waals surface area contributed by atoms with E-state index in [2.05, 4.69) is 20.0 Å². The third-order valence-corrected chi connectivity index (χ3v) is 5.41. The quantitative estimate of drug-likeness (QED) is 0.579. The number of hydrogen-bond acceptors (Lipinski definition) is 7. The first-order valence-electron chi connectivity index (χ1n) is 10.8. The lowest BCUT2D eigenvalue weighted by atomic mass is 10.2. The third kappa shape index (κ3) is 5.25. The Hall–Kier alpha value is -3.29. The summed E-state index contributed by atoms with van der Waals surface area (Å²) in [5.41, 5.74) is 1.000. The van der Waals surface area contributed by atoms with Gasteiger partial charge in [-0.15, -0.1) is 0 Å². The first-order valence-corrected chi connectivity index (χ1v) is 10.8. The Morgan fingerprint density at radius 2 is 1.84 bits per heavy atom. The van der Waals surface area contributed by atoms with Crippen LogP contribution in [0.1, 0.15) is 44.3 Å². The molecule has 1 amide bonds. The highest BCUT2D eigenvalue weighted by molar-refractivity contribution is 5.76. The number of carbonyl (C=O) groups is 1. The van der Waals surface area contributed by atoms with Crippen LogP contribution < -0.4 is 4.90 Å². The Labute approximate surface area is 182 Å². The van der Waals surface area contributed by atoms with Crippen molar-refractivity contribution in [3.05, 3.63) is 54.3 Å². The smallest absolute Gasteiger partial charge is 0.226 e. The van der Waals surface area contributed by atoms with Gasteiger partial charge in [-0.1, -0.05) is 49.3 Å². The fraction of sp³-hybridized carbons (Fsp3) is 0.435. The zero-order valence-electron chi connectivity index (χ0n) is 18.1. The second-order valence-corrected chi connectivity index (χ2v) is 8.03. The molecule has 1 aromatic carbocycles. The van der Waals surface area contributed by atoms with E-state index >= 15 is 0 Å². The molecule has 0 atom stereocenters. The number of benzene rings is 1. The zero-order valence-corrected chi connectivity index (χ0v) is 18.1. The van der Waals surface area contributed by atoms with Crippen molar-refractivity contribution in [1.82, 2.24) is 25.0 Å². The molecule has 1 aliphatic heterocycles. The van der Waals surface area contributed by atoms with E-state index in [1.807, 2.05) is 55.1 Å². The average molecular weight is 421 g/mol. The van der Waals surface area contributed by atoms with Crippen LogP contribution in [-0.2, 0) is 11.2 Å². The molecule has 0 saturated carbocycles. The predicted molar refractivity (Wildman–Crippen MR) is 118 cm³/mol. The second kappa shape index (κ2) is 9.68. The van der Waals surface area contributed by atoms with Gasteiger partial charge in [0.2, 0.25) is 11.8 Å². The van der Waals surface area contributed by atoms with Crippen molar-refractivity contribution in [2.75, 3.05) is 31.1 Å². The molecule has 0 aliphatic carbocycles. The van der Waals surface area contributed by atoms with Gasteiger partial charge in [0.1, 0.15) is 5.82 Å². The summed E-state index contributed by atoms with van der Waals surface area (Å²) in [5.74, 6) is 3.37. The largest absolute Gasteiger partial charge is 0.353 e. The summed E-state index contributed by atoms with van der Waals surface area (Å²) < 4.78 is 5.25. The first-order chi connectivity index (χ1) is 15.1. The van der Waals surface area contributed by atoms with Crippen LogP contribution in [0.4, 0.5) is 5.82 Å². The molecule has 1 fully saturated rings. The number of piperazine rings is 1. The fourth-order valence-corrected chi connectivity index (χ4v) is 3.59. The lowest BCUT2D eigenvalue weighted by Crippen LogP contribution is -2.49. The normalized spacial score (nSPS) is 14.3. The number of anilines is 1. The number of rotatable bonds is 7. The summed E-state index contributed by atoms with van der Waals surface area (Å²) in [4.78, 5) is 30.2. The number of aromatic nitrogens is 4. The Morgan fingerprint density at radius 3 is 2.55 bits per heavy atom. The molecule has 2 aromatic heterocycles. The summed E-state index contributed by atoms with van der Waals surface area (Å²) in [6.07, 6.45) is 3.63. The van der Waals surface area contributed by atoms with E-state index in [1.165, 1.54) is 0 Å². The zero-order chi connectivity index (χ0) is 21.6. The minimum Gasteiger partial charge on any atom is -0.353 e. The van der Waals surface area contributed by atoms with Gasteiger partial charge >= 0.3 is 0 Å². The molecule has 4 rings (SSSR count). The minimum absolute atomic E-state index is 0.177. The number of aryl methyl sites for hydroxylation is 1. The van der Waals surface area contributed by atoms with Gasteiger partial charge in [0.05, 0.1) is 0 Å². The monoisotopic (exact) mass is 420 g/mol. The molecule has 8 nitrogen and oxygen atoms in total. The standard InChI is InChI=1S/C23H28N6O2/c1-17(2)22-26-20(31-27-22)9-6-10-21(30)29-15-13-28(14-16-29)19-11-12-24-23(25-19)18-7-4-3-5-8-18/h3-5,7-8,11-12,17H,6,9-10,13-16H2,1-2H3. The maximum absolute atomic E-state index is 12.6. The summed E-state index contributed by atoms with van der Waals surface area (Å²) in [7, 11) is 0. The maximum Gasteiger partial charge on any atom is 0.226 e. The van der Waals surface area contributed by atoms with E-state index in [-0.39, 0.29) is 11.8 Å². The number of carbonyl (C=O) groups excluding carboxylic acids is 1. The molecule has 0 radical (unpaired) electrons. The Balaban J connectivity index is 1.26. The summed E-state index contributed by atoms with van der Waals surface area (Å²) in [6.45, 7) is 6.98. The van der Waals surface area contributed by atoms with Crippen LogP contribution in [0.3, 0.4) is 0 Å². The van der Waals surface area contributed by atoms with Crippen molar-refractivity contribution in [3.63, 3.8) is 0 Å². The molecule has 0 unspecified atom stereocenters. The Bertz CT molecular complexity index is 996. The molecule has 3 heterocycles. The minimum atomic E-state index is 0.177. The molecule has 162 valence electrons. The SMILES string of the molecule is CC(C)c1noc(CCCC(=O)N2CCN(c3ccnc(-c4ccccc4)n3)CC2)n1.